The Kier molecular flexibility index (Phi) is 5.53. The molecule has 1 fully saturated rings. The molecule has 152 valence electrons. The molecule has 0 spiro atoms. The van der Waals surface area contributed by atoms with Gasteiger partial charge in [0.25, 0.3) is 0 Å². The van der Waals surface area contributed by atoms with Crippen molar-refractivity contribution >= 4 is 22.6 Å². The fourth-order valence-corrected chi connectivity index (χ4v) is 4.22. The van der Waals surface area contributed by atoms with Crippen LogP contribution in [0.4, 0.5) is 5.69 Å². The minimum absolute atomic E-state index is 0.0463. The molecule has 2 aromatic heterocycles. The summed E-state index contributed by atoms with van der Waals surface area (Å²) in [5, 5.41) is 4.04. The van der Waals surface area contributed by atoms with Crippen LogP contribution in [0.3, 0.4) is 0 Å². The minimum Gasteiger partial charge on any atom is -0.497 e. The molecule has 0 radical (unpaired) electrons. The first-order valence-electron chi connectivity index (χ1n) is 10.2. The van der Waals surface area contributed by atoms with Gasteiger partial charge in [0.2, 0.25) is 5.91 Å². The number of methoxy groups -OCH3 is 1. The monoisotopic (exact) mass is 392 g/mol. The van der Waals surface area contributed by atoms with Crippen LogP contribution < -0.4 is 15.8 Å². The van der Waals surface area contributed by atoms with Crippen LogP contribution in [0, 0.1) is 11.8 Å². The fourth-order valence-electron chi connectivity index (χ4n) is 4.22. The molecule has 0 saturated heterocycles. The highest BCUT2D eigenvalue weighted by Gasteiger charge is 2.28. The maximum absolute atomic E-state index is 12.9. The Morgan fingerprint density at radius 1 is 1.24 bits per heavy atom. The third kappa shape index (κ3) is 4.12. The van der Waals surface area contributed by atoms with Gasteiger partial charge >= 0.3 is 0 Å². The number of nitrogens with one attached hydrogen (secondary N) is 2. The van der Waals surface area contributed by atoms with Gasteiger partial charge in [0.1, 0.15) is 11.4 Å². The summed E-state index contributed by atoms with van der Waals surface area (Å²) in [7, 11) is 1.65. The number of rotatable bonds is 5. The van der Waals surface area contributed by atoms with E-state index >= 15 is 0 Å². The maximum Gasteiger partial charge on any atom is 0.227 e. The summed E-state index contributed by atoms with van der Waals surface area (Å²) in [5.41, 5.74) is 9.51. The number of ether oxygens (including phenoxy) is 1. The summed E-state index contributed by atoms with van der Waals surface area (Å²) < 4.78 is 5.32. The Labute approximate surface area is 170 Å². The molecule has 2 heterocycles. The number of aromatic nitrogens is 2. The van der Waals surface area contributed by atoms with E-state index < -0.39 is 0 Å². The second kappa shape index (κ2) is 8.25. The maximum atomic E-state index is 12.9. The third-order valence-electron chi connectivity index (χ3n) is 6.06. The molecule has 6 nitrogen and oxygen atoms in total. The predicted molar refractivity (Wildman–Crippen MR) is 116 cm³/mol. The molecule has 4 N–H and O–H groups in total. The average molecular weight is 393 g/mol. The van der Waals surface area contributed by atoms with Gasteiger partial charge in [-0.3, -0.25) is 4.79 Å². The number of amides is 1. The van der Waals surface area contributed by atoms with Crippen LogP contribution in [0.15, 0.2) is 42.6 Å². The first kappa shape index (κ1) is 19.5. The molecule has 1 atom stereocenters. The number of pyridine rings is 1. The van der Waals surface area contributed by atoms with Crippen molar-refractivity contribution < 1.29 is 9.53 Å². The van der Waals surface area contributed by atoms with Gasteiger partial charge in [-0.25, -0.2) is 4.98 Å². The van der Waals surface area contributed by atoms with Crippen LogP contribution in [0.25, 0.3) is 22.3 Å². The van der Waals surface area contributed by atoms with E-state index in [1.165, 1.54) is 0 Å². The number of hydrogen-bond donors (Lipinski definition) is 3. The molecule has 29 heavy (non-hydrogen) atoms. The van der Waals surface area contributed by atoms with Crippen molar-refractivity contribution in [3.05, 3.63) is 42.6 Å². The average Bonchev–Trinajstić information content (AvgIpc) is 3.19. The van der Waals surface area contributed by atoms with Crippen molar-refractivity contribution in [2.45, 2.75) is 38.6 Å². The zero-order chi connectivity index (χ0) is 20.4. The van der Waals surface area contributed by atoms with E-state index in [-0.39, 0.29) is 17.9 Å². The summed E-state index contributed by atoms with van der Waals surface area (Å²) >= 11 is 0. The number of H-pyrrole nitrogens is 1. The second-order valence-electron chi connectivity index (χ2n) is 8.00. The number of nitrogens with two attached hydrogens (primary N) is 1. The van der Waals surface area contributed by atoms with E-state index in [0.717, 1.165) is 59.4 Å². The van der Waals surface area contributed by atoms with E-state index in [1.54, 1.807) is 13.3 Å². The summed E-state index contributed by atoms with van der Waals surface area (Å²) in [5.74, 6) is 1.46. The van der Waals surface area contributed by atoms with Crippen LogP contribution >= 0.6 is 0 Å². The third-order valence-corrected chi connectivity index (χ3v) is 6.06. The number of fused-ring (bicyclic) bond motifs is 1. The fraction of sp³-hybridized carbons (Fsp3) is 0.391. The normalized spacial score (nSPS) is 20.4. The van der Waals surface area contributed by atoms with Gasteiger partial charge in [-0.2, -0.15) is 0 Å². The number of hydrogen-bond acceptors (Lipinski definition) is 4. The van der Waals surface area contributed by atoms with Crippen molar-refractivity contribution in [3.63, 3.8) is 0 Å². The molecule has 4 rings (SSSR count). The molecule has 1 unspecified atom stereocenters. The highest BCUT2D eigenvalue weighted by molar-refractivity contribution is 6.02. The smallest absolute Gasteiger partial charge is 0.227 e. The Bertz CT molecular complexity index is 1000. The molecule has 0 bridgehead atoms. The lowest BCUT2D eigenvalue weighted by atomic mass is 9.79. The van der Waals surface area contributed by atoms with Gasteiger partial charge in [0, 0.05) is 34.8 Å². The molecule has 1 aliphatic rings. The lowest BCUT2D eigenvalue weighted by molar-refractivity contribution is -0.121. The van der Waals surface area contributed by atoms with Crippen molar-refractivity contribution in [2.75, 3.05) is 12.4 Å². The first-order chi connectivity index (χ1) is 14.0. The van der Waals surface area contributed by atoms with E-state index in [2.05, 4.69) is 22.2 Å². The molecule has 1 aromatic carbocycles. The zero-order valence-electron chi connectivity index (χ0n) is 16.9. The summed E-state index contributed by atoms with van der Waals surface area (Å²) in [4.78, 5) is 20.6. The molecular weight excluding hydrogens is 364 g/mol. The van der Waals surface area contributed by atoms with Gasteiger partial charge in [-0.15, -0.1) is 0 Å². The molecule has 1 amide bonds. The Morgan fingerprint density at radius 2 is 2.03 bits per heavy atom. The molecule has 0 aliphatic heterocycles. The van der Waals surface area contributed by atoms with Crippen LogP contribution in [0.1, 0.15) is 32.6 Å². The second-order valence-corrected chi connectivity index (χ2v) is 8.00. The number of nitrogens with zero attached hydrogens (tertiary/aromatic N) is 1. The minimum atomic E-state index is 0.0463. The van der Waals surface area contributed by atoms with Gasteiger partial charge in [0.15, 0.2) is 0 Å². The van der Waals surface area contributed by atoms with Crippen molar-refractivity contribution in [2.24, 2.45) is 17.6 Å². The standard InChI is InChI=1S/C23H28N4O2/c1-14(24)15-6-8-16(9-7-15)23(28)27-20-10-11-25-22-19(20)13-21(26-22)17-4-3-5-18(12-17)29-2/h3-5,10-16H,6-9,24H2,1-2H3,(H2,25,26,27,28). The molecule has 1 aliphatic carbocycles. The van der Waals surface area contributed by atoms with Gasteiger partial charge in [-0.05, 0) is 62.8 Å². The number of anilines is 1. The van der Waals surface area contributed by atoms with E-state index in [0.29, 0.717) is 5.92 Å². The largest absolute Gasteiger partial charge is 0.497 e. The molecular formula is C23H28N4O2. The molecule has 1 saturated carbocycles. The van der Waals surface area contributed by atoms with Crippen LogP contribution in [-0.4, -0.2) is 29.0 Å². The highest BCUT2D eigenvalue weighted by atomic mass is 16.5. The van der Waals surface area contributed by atoms with Gasteiger partial charge in [-0.1, -0.05) is 12.1 Å². The highest BCUT2D eigenvalue weighted by Crippen LogP contribution is 2.33. The van der Waals surface area contributed by atoms with E-state index in [1.807, 2.05) is 36.4 Å². The lowest BCUT2D eigenvalue weighted by Gasteiger charge is -2.30. The summed E-state index contributed by atoms with van der Waals surface area (Å²) in [6.45, 7) is 2.06. The Balaban J connectivity index is 1.54. The van der Waals surface area contributed by atoms with Crippen molar-refractivity contribution in [1.29, 1.82) is 0 Å². The summed E-state index contributed by atoms with van der Waals surface area (Å²) in [6.07, 6.45) is 5.55. The molecule has 3 aromatic rings. The topological polar surface area (TPSA) is 93.0 Å². The lowest BCUT2D eigenvalue weighted by Crippen LogP contribution is -2.33. The van der Waals surface area contributed by atoms with Crippen molar-refractivity contribution in [3.8, 4) is 17.0 Å². The quantitative estimate of drug-likeness (QED) is 0.602. The van der Waals surface area contributed by atoms with Crippen LogP contribution in [-0.2, 0) is 4.79 Å². The molecule has 6 heteroatoms. The van der Waals surface area contributed by atoms with Crippen LogP contribution in [0.2, 0.25) is 0 Å². The van der Waals surface area contributed by atoms with E-state index in [9.17, 15) is 4.79 Å². The Morgan fingerprint density at radius 3 is 2.76 bits per heavy atom. The van der Waals surface area contributed by atoms with Gasteiger partial charge in [0.05, 0.1) is 12.8 Å². The van der Waals surface area contributed by atoms with Crippen LogP contribution in [0.5, 0.6) is 5.75 Å². The first-order valence-corrected chi connectivity index (χ1v) is 10.2. The Hall–Kier alpha value is -2.86. The zero-order valence-corrected chi connectivity index (χ0v) is 16.9. The summed E-state index contributed by atoms with van der Waals surface area (Å²) in [6, 6.07) is 11.9. The van der Waals surface area contributed by atoms with Gasteiger partial charge < -0.3 is 20.8 Å². The number of benzene rings is 1. The van der Waals surface area contributed by atoms with Crippen molar-refractivity contribution in [1.82, 2.24) is 9.97 Å². The SMILES string of the molecule is COc1cccc(-c2cc3c(NC(=O)C4CCC(C(C)N)CC4)ccnc3[nH]2)c1. The number of carbonyl (C=O) groups is 1. The number of carbonyl (C=O) groups excluding carboxylic acids is 1. The van der Waals surface area contributed by atoms with E-state index in [4.69, 9.17) is 10.5 Å². The number of aromatic amines is 1. The predicted octanol–water partition coefficient (Wildman–Crippen LogP) is 4.33.